The van der Waals surface area contributed by atoms with Gasteiger partial charge in [0.2, 0.25) is 0 Å². The quantitative estimate of drug-likeness (QED) is 0.838. The van der Waals surface area contributed by atoms with Crippen molar-refractivity contribution in [1.82, 2.24) is 24.6 Å². The van der Waals surface area contributed by atoms with Crippen molar-refractivity contribution < 1.29 is 0 Å². The first-order valence-electron chi connectivity index (χ1n) is 7.09. The van der Waals surface area contributed by atoms with Gasteiger partial charge in [-0.05, 0) is 13.0 Å². The summed E-state index contributed by atoms with van der Waals surface area (Å²) in [5.74, 6) is 0.998. The van der Waals surface area contributed by atoms with E-state index in [1.54, 1.807) is 11.0 Å². The molecule has 3 rings (SSSR count). The average Bonchev–Trinajstić information content (AvgIpc) is 2.70. The highest BCUT2D eigenvalue weighted by molar-refractivity contribution is 5.86. The molecule has 7 heteroatoms. The molecule has 1 fully saturated rings. The van der Waals surface area contributed by atoms with E-state index >= 15 is 0 Å². The fourth-order valence-electron chi connectivity index (χ4n) is 2.79. The minimum atomic E-state index is 0.723. The third kappa shape index (κ3) is 2.46. The zero-order valence-corrected chi connectivity index (χ0v) is 11.9. The lowest BCUT2D eigenvalue weighted by Crippen LogP contribution is -2.34. The summed E-state index contributed by atoms with van der Waals surface area (Å²) >= 11 is 0. The van der Waals surface area contributed by atoms with Gasteiger partial charge in [0, 0.05) is 39.8 Å². The summed E-state index contributed by atoms with van der Waals surface area (Å²) in [6.45, 7) is 5.82. The highest BCUT2D eigenvalue weighted by Gasteiger charge is 2.18. The van der Waals surface area contributed by atoms with Crippen LogP contribution in [0.1, 0.15) is 6.42 Å². The second-order valence-electron chi connectivity index (χ2n) is 5.17. The van der Waals surface area contributed by atoms with Gasteiger partial charge in [-0.3, -0.25) is 4.68 Å². The minimum Gasteiger partial charge on any atom is -0.355 e. The first-order valence-corrected chi connectivity index (χ1v) is 7.09. The zero-order valence-electron chi connectivity index (χ0n) is 11.9. The summed E-state index contributed by atoms with van der Waals surface area (Å²) in [5.41, 5.74) is 6.53. The van der Waals surface area contributed by atoms with Gasteiger partial charge in [0.1, 0.15) is 12.1 Å². The number of aryl methyl sites for hydroxylation is 1. The maximum atomic E-state index is 5.65. The molecule has 1 aliphatic heterocycles. The summed E-state index contributed by atoms with van der Waals surface area (Å²) in [6.07, 6.45) is 4.61. The fraction of sp³-hybridized carbons (Fsp3) is 0.615. The van der Waals surface area contributed by atoms with Crippen LogP contribution < -0.4 is 10.6 Å². The molecule has 2 N–H and O–H groups in total. The fourth-order valence-corrected chi connectivity index (χ4v) is 2.79. The Morgan fingerprint density at radius 3 is 2.95 bits per heavy atom. The highest BCUT2D eigenvalue weighted by Crippen LogP contribution is 2.23. The highest BCUT2D eigenvalue weighted by atomic mass is 15.3. The minimum absolute atomic E-state index is 0.723. The summed E-state index contributed by atoms with van der Waals surface area (Å²) < 4.78 is 1.79. The Kier molecular flexibility index (Phi) is 3.79. The van der Waals surface area contributed by atoms with Crippen LogP contribution in [0.5, 0.6) is 0 Å². The lowest BCUT2D eigenvalue weighted by atomic mass is 10.3. The van der Waals surface area contributed by atoms with E-state index in [1.807, 2.05) is 13.2 Å². The number of anilines is 1. The number of hydrogen-bond acceptors (Lipinski definition) is 6. The SMILES string of the molecule is Cn1ncc2c(N3CCCN(CCN)CC3)ncnc21. The van der Waals surface area contributed by atoms with Crippen LogP contribution in [0.15, 0.2) is 12.5 Å². The number of nitrogens with zero attached hydrogens (tertiary/aromatic N) is 6. The number of aromatic nitrogens is 4. The Hall–Kier alpha value is -1.73. The molecular formula is C13H21N7. The molecule has 20 heavy (non-hydrogen) atoms. The molecule has 0 spiro atoms. The van der Waals surface area contributed by atoms with Crippen molar-refractivity contribution in [2.45, 2.75) is 6.42 Å². The van der Waals surface area contributed by atoms with E-state index in [9.17, 15) is 0 Å². The van der Waals surface area contributed by atoms with Gasteiger partial charge in [-0.15, -0.1) is 0 Å². The third-order valence-corrected chi connectivity index (χ3v) is 3.84. The molecule has 0 radical (unpaired) electrons. The lowest BCUT2D eigenvalue weighted by Gasteiger charge is -2.22. The molecule has 0 bridgehead atoms. The van der Waals surface area contributed by atoms with Gasteiger partial charge >= 0.3 is 0 Å². The van der Waals surface area contributed by atoms with Crippen LogP contribution in [0, 0.1) is 0 Å². The molecule has 0 aromatic carbocycles. The summed E-state index contributed by atoms with van der Waals surface area (Å²) in [6, 6.07) is 0. The molecule has 0 saturated carbocycles. The van der Waals surface area contributed by atoms with Crippen LogP contribution in [0.25, 0.3) is 11.0 Å². The number of fused-ring (bicyclic) bond motifs is 1. The second kappa shape index (κ2) is 5.72. The van der Waals surface area contributed by atoms with E-state index in [-0.39, 0.29) is 0 Å². The zero-order chi connectivity index (χ0) is 13.9. The van der Waals surface area contributed by atoms with Gasteiger partial charge in [-0.1, -0.05) is 0 Å². The Morgan fingerprint density at radius 2 is 2.10 bits per heavy atom. The molecule has 0 atom stereocenters. The largest absolute Gasteiger partial charge is 0.355 e. The Bertz CT molecular complexity index is 579. The van der Waals surface area contributed by atoms with Crippen LogP contribution in [-0.2, 0) is 7.05 Å². The number of hydrogen-bond donors (Lipinski definition) is 1. The predicted octanol–water partition coefficient (Wildman–Crippen LogP) is -0.166. The van der Waals surface area contributed by atoms with E-state index in [1.165, 1.54) is 0 Å². The number of nitrogens with two attached hydrogens (primary N) is 1. The number of rotatable bonds is 3. The molecule has 2 aromatic rings. The van der Waals surface area contributed by atoms with Gasteiger partial charge in [0.25, 0.3) is 0 Å². The van der Waals surface area contributed by atoms with Crippen molar-refractivity contribution >= 4 is 16.9 Å². The Balaban J connectivity index is 1.84. The molecule has 1 saturated heterocycles. The van der Waals surface area contributed by atoms with Crippen LogP contribution in [0.4, 0.5) is 5.82 Å². The standard InChI is InChI=1S/C13H21N7/c1-18-12-11(9-17-18)13(16-10-15-12)20-5-2-4-19(6-3-14)7-8-20/h9-10H,2-8,14H2,1H3. The summed E-state index contributed by atoms with van der Waals surface area (Å²) in [4.78, 5) is 13.5. The van der Waals surface area contributed by atoms with Gasteiger partial charge in [0.05, 0.1) is 11.6 Å². The molecule has 2 aromatic heterocycles. The normalized spacial score (nSPS) is 17.6. The van der Waals surface area contributed by atoms with E-state index in [0.717, 1.165) is 62.5 Å². The van der Waals surface area contributed by atoms with Crippen molar-refractivity contribution in [3.8, 4) is 0 Å². The van der Waals surface area contributed by atoms with E-state index < -0.39 is 0 Å². The lowest BCUT2D eigenvalue weighted by molar-refractivity contribution is 0.302. The Morgan fingerprint density at radius 1 is 1.20 bits per heavy atom. The maximum absolute atomic E-state index is 5.65. The average molecular weight is 275 g/mol. The molecular weight excluding hydrogens is 254 g/mol. The van der Waals surface area contributed by atoms with E-state index in [0.29, 0.717) is 0 Å². The van der Waals surface area contributed by atoms with Crippen LogP contribution in [-0.4, -0.2) is 63.9 Å². The van der Waals surface area contributed by atoms with Gasteiger partial charge in [0.15, 0.2) is 5.65 Å². The first-order chi connectivity index (χ1) is 9.79. The van der Waals surface area contributed by atoms with E-state index in [4.69, 9.17) is 5.73 Å². The summed E-state index contributed by atoms with van der Waals surface area (Å²) in [5, 5.41) is 5.31. The molecule has 1 aliphatic rings. The predicted molar refractivity (Wildman–Crippen MR) is 78.6 cm³/mol. The molecule has 0 unspecified atom stereocenters. The third-order valence-electron chi connectivity index (χ3n) is 3.84. The van der Waals surface area contributed by atoms with E-state index in [2.05, 4.69) is 24.9 Å². The van der Waals surface area contributed by atoms with Crippen molar-refractivity contribution in [2.75, 3.05) is 44.2 Å². The monoisotopic (exact) mass is 275 g/mol. The van der Waals surface area contributed by atoms with Crippen LogP contribution in [0.2, 0.25) is 0 Å². The molecule has 7 nitrogen and oxygen atoms in total. The molecule has 108 valence electrons. The molecule has 0 amide bonds. The van der Waals surface area contributed by atoms with Crippen LogP contribution >= 0.6 is 0 Å². The maximum Gasteiger partial charge on any atom is 0.163 e. The van der Waals surface area contributed by atoms with Crippen LogP contribution in [0.3, 0.4) is 0 Å². The van der Waals surface area contributed by atoms with Crippen molar-refractivity contribution in [3.05, 3.63) is 12.5 Å². The van der Waals surface area contributed by atoms with Gasteiger partial charge in [-0.25, -0.2) is 9.97 Å². The Labute approximate surface area is 118 Å². The summed E-state index contributed by atoms with van der Waals surface area (Å²) in [7, 11) is 1.91. The van der Waals surface area contributed by atoms with Crippen molar-refractivity contribution in [1.29, 1.82) is 0 Å². The van der Waals surface area contributed by atoms with Crippen molar-refractivity contribution in [2.24, 2.45) is 12.8 Å². The smallest absolute Gasteiger partial charge is 0.163 e. The van der Waals surface area contributed by atoms with Gasteiger partial charge < -0.3 is 15.5 Å². The first kappa shape index (κ1) is 13.3. The molecule has 0 aliphatic carbocycles. The van der Waals surface area contributed by atoms with Crippen molar-refractivity contribution in [3.63, 3.8) is 0 Å². The topological polar surface area (TPSA) is 76.1 Å². The van der Waals surface area contributed by atoms with Gasteiger partial charge in [-0.2, -0.15) is 5.10 Å². The molecule has 3 heterocycles. The second-order valence-corrected chi connectivity index (χ2v) is 5.17.